The van der Waals surface area contributed by atoms with Crippen molar-refractivity contribution in [2.75, 3.05) is 5.32 Å². The minimum absolute atomic E-state index is 0.513. The van der Waals surface area contributed by atoms with Crippen molar-refractivity contribution in [3.05, 3.63) is 37.1 Å². The minimum Gasteiger partial charge on any atom is -0.480 e. The van der Waals surface area contributed by atoms with E-state index in [-0.39, 0.29) is 0 Å². The molecule has 0 bridgehead atoms. The van der Waals surface area contributed by atoms with Crippen molar-refractivity contribution in [2.45, 2.75) is 19.4 Å². The number of pyridine rings is 1. The Kier molecular flexibility index (Phi) is 3.57. The third kappa shape index (κ3) is 2.65. The minimum atomic E-state index is -0.865. The Morgan fingerprint density at radius 2 is 2.39 bits per heavy atom. The molecule has 0 saturated carbocycles. The van der Waals surface area contributed by atoms with E-state index in [0.29, 0.717) is 12.1 Å². The Morgan fingerprint density at radius 3 is 2.89 bits per heavy atom. The normalized spacial score (nSPS) is 12.1. The molecule has 94 valence electrons. The summed E-state index contributed by atoms with van der Waals surface area (Å²) in [5.41, 5.74) is 0.688. The molecule has 0 aliphatic heterocycles. The monoisotopic (exact) mass is 246 g/mol. The number of carboxylic acid groups (broad SMARTS) is 1. The molecule has 0 saturated heterocycles. The van der Waals surface area contributed by atoms with Gasteiger partial charge in [-0.05, 0) is 18.6 Å². The molecular weight excluding hydrogens is 232 g/mol. The lowest BCUT2D eigenvalue weighted by Gasteiger charge is -2.13. The van der Waals surface area contributed by atoms with Gasteiger partial charge in [0, 0.05) is 12.4 Å². The Balaban J connectivity index is 2.10. The van der Waals surface area contributed by atoms with Crippen LogP contribution in [0.5, 0.6) is 0 Å². The highest BCUT2D eigenvalue weighted by molar-refractivity contribution is 5.77. The van der Waals surface area contributed by atoms with E-state index < -0.39 is 12.0 Å². The van der Waals surface area contributed by atoms with Crippen LogP contribution >= 0.6 is 0 Å². The van der Waals surface area contributed by atoms with E-state index in [1.807, 2.05) is 6.92 Å². The first-order chi connectivity index (χ1) is 8.70. The Morgan fingerprint density at radius 1 is 1.56 bits per heavy atom. The van der Waals surface area contributed by atoms with Crippen LogP contribution < -0.4 is 5.32 Å². The van der Waals surface area contributed by atoms with E-state index in [2.05, 4.69) is 15.3 Å². The van der Waals surface area contributed by atoms with Gasteiger partial charge in [-0.25, -0.2) is 14.8 Å². The Bertz CT molecular complexity index is 507. The Hall–Kier alpha value is -2.37. The van der Waals surface area contributed by atoms with Crippen LogP contribution in [0, 0.1) is 0 Å². The molecule has 18 heavy (non-hydrogen) atoms. The van der Waals surface area contributed by atoms with E-state index in [9.17, 15) is 4.79 Å². The molecule has 2 aromatic heterocycles. The molecule has 0 radical (unpaired) electrons. The van der Waals surface area contributed by atoms with Gasteiger partial charge in [0.05, 0.1) is 11.9 Å². The zero-order valence-corrected chi connectivity index (χ0v) is 9.95. The van der Waals surface area contributed by atoms with E-state index in [0.717, 1.165) is 5.82 Å². The quantitative estimate of drug-likeness (QED) is 0.836. The van der Waals surface area contributed by atoms with Crippen molar-refractivity contribution >= 4 is 11.7 Å². The fraction of sp³-hybridized carbons (Fsp3) is 0.250. The maximum atomic E-state index is 10.9. The molecule has 2 heterocycles. The van der Waals surface area contributed by atoms with Crippen LogP contribution in [-0.4, -0.2) is 31.7 Å². The van der Waals surface area contributed by atoms with Gasteiger partial charge in [0.25, 0.3) is 0 Å². The standard InChI is InChI=1S/C12H14N4O2/c1-2-10(12(17)18)15-9-3-4-11(14-7-9)16-6-5-13-8-16/h3-8,10,15H,2H2,1H3,(H,17,18). The Labute approximate surface area is 104 Å². The third-order valence-electron chi connectivity index (χ3n) is 2.56. The summed E-state index contributed by atoms with van der Waals surface area (Å²) in [4.78, 5) is 19.1. The van der Waals surface area contributed by atoms with Crippen LogP contribution in [0.25, 0.3) is 5.82 Å². The van der Waals surface area contributed by atoms with Crippen molar-refractivity contribution in [3.8, 4) is 5.82 Å². The maximum Gasteiger partial charge on any atom is 0.326 e. The summed E-state index contributed by atoms with van der Waals surface area (Å²) >= 11 is 0. The number of nitrogens with zero attached hydrogens (tertiary/aromatic N) is 3. The number of carbonyl (C=O) groups is 1. The number of anilines is 1. The number of aromatic nitrogens is 3. The predicted molar refractivity (Wildman–Crippen MR) is 66.7 cm³/mol. The molecule has 6 nitrogen and oxygen atoms in total. The molecule has 0 amide bonds. The van der Waals surface area contributed by atoms with E-state index in [1.54, 1.807) is 41.6 Å². The zero-order chi connectivity index (χ0) is 13.0. The molecule has 2 aromatic rings. The second kappa shape index (κ2) is 5.31. The smallest absolute Gasteiger partial charge is 0.326 e. The molecule has 2 N–H and O–H groups in total. The van der Waals surface area contributed by atoms with Crippen LogP contribution in [0.2, 0.25) is 0 Å². The van der Waals surface area contributed by atoms with Crippen LogP contribution in [0.3, 0.4) is 0 Å². The third-order valence-corrected chi connectivity index (χ3v) is 2.56. The van der Waals surface area contributed by atoms with Crippen LogP contribution in [0.1, 0.15) is 13.3 Å². The first kappa shape index (κ1) is 12.1. The highest BCUT2D eigenvalue weighted by atomic mass is 16.4. The average molecular weight is 246 g/mol. The van der Waals surface area contributed by atoms with Gasteiger partial charge < -0.3 is 10.4 Å². The van der Waals surface area contributed by atoms with Crippen LogP contribution in [0.15, 0.2) is 37.1 Å². The molecule has 0 fully saturated rings. The number of nitrogens with one attached hydrogen (secondary N) is 1. The van der Waals surface area contributed by atoms with Crippen molar-refractivity contribution in [1.29, 1.82) is 0 Å². The molecule has 0 spiro atoms. The molecule has 6 heteroatoms. The molecule has 1 atom stereocenters. The number of carboxylic acids is 1. The summed E-state index contributed by atoms with van der Waals surface area (Å²) in [6.45, 7) is 1.82. The second-order valence-corrected chi connectivity index (χ2v) is 3.82. The average Bonchev–Trinajstić information content (AvgIpc) is 2.90. The summed E-state index contributed by atoms with van der Waals surface area (Å²) in [7, 11) is 0. The highest BCUT2D eigenvalue weighted by Gasteiger charge is 2.14. The van der Waals surface area contributed by atoms with Crippen LogP contribution in [-0.2, 0) is 4.79 Å². The maximum absolute atomic E-state index is 10.9. The van der Waals surface area contributed by atoms with Gasteiger partial charge in [-0.15, -0.1) is 0 Å². The van der Waals surface area contributed by atoms with Crippen molar-refractivity contribution < 1.29 is 9.90 Å². The molecular formula is C12H14N4O2. The van der Waals surface area contributed by atoms with E-state index in [1.165, 1.54) is 0 Å². The lowest BCUT2D eigenvalue weighted by atomic mass is 10.2. The fourth-order valence-electron chi connectivity index (χ4n) is 1.56. The largest absolute Gasteiger partial charge is 0.480 e. The first-order valence-electron chi connectivity index (χ1n) is 5.64. The molecule has 1 unspecified atom stereocenters. The number of hydrogen-bond acceptors (Lipinski definition) is 4. The van der Waals surface area contributed by atoms with E-state index in [4.69, 9.17) is 5.11 Å². The van der Waals surface area contributed by atoms with Gasteiger partial charge in [0.1, 0.15) is 18.2 Å². The lowest BCUT2D eigenvalue weighted by Crippen LogP contribution is -2.28. The van der Waals surface area contributed by atoms with Crippen LogP contribution in [0.4, 0.5) is 5.69 Å². The van der Waals surface area contributed by atoms with Gasteiger partial charge in [-0.3, -0.25) is 4.57 Å². The topological polar surface area (TPSA) is 80.0 Å². The fourth-order valence-corrected chi connectivity index (χ4v) is 1.56. The summed E-state index contributed by atoms with van der Waals surface area (Å²) in [6.07, 6.45) is 7.24. The second-order valence-electron chi connectivity index (χ2n) is 3.82. The summed E-state index contributed by atoms with van der Waals surface area (Å²) < 4.78 is 1.78. The van der Waals surface area contributed by atoms with Gasteiger partial charge in [-0.1, -0.05) is 6.92 Å². The number of rotatable bonds is 5. The lowest BCUT2D eigenvalue weighted by molar-refractivity contribution is -0.137. The van der Waals surface area contributed by atoms with Gasteiger partial charge in [-0.2, -0.15) is 0 Å². The van der Waals surface area contributed by atoms with Gasteiger partial charge in [0.2, 0.25) is 0 Å². The first-order valence-corrected chi connectivity index (χ1v) is 5.64. The van der Waals surface area contributed by atoms with Crippen molar-refractivity contribution in [1.82, 2.24) is 14.5 Å². The van der Waals surface area contributed by atoms with Gasteiger partial charge >= 0.3 is 5.97 Å². The predicted octanol–water partition coefficient (Wildman–Crippen LogP) is 1.54. The highest BCUT2D eigenvalue weighted by Crippen LogP contribution is 2.11. The molecule has 0 aliphatic rings. The SMILES string of the molecule is CCC(Nc1ccc(-n2ccnc2)nc1)C(=O)O. The molecule has 0 aliphatic carbocycles. The van der Waals surface area contributed by atoms with Crippen molar-refractivity contribution in [3.63, 3.8) is 0 Å². The van der Waals surface area contributed by atoms with E-state index >= 15 is 0 Å². The number of aliphatic carboxylic acids is 1. The summed E-state index contributed by atoms with van der Waals surface area (Å²) in [5, 5.41) is 11.9. The summed E-state index contributed by atoms with van der Waals surface area (Å²) in [6, 6.07) is 3.01. The molecule has 2 rings (SSSR count). The summed E-state index contributed by atoms with van der Waals surface area (Å²) in [5.74, 6) is -0.127. The van der Waals surface area contributed by atoms with Crippen molar-refractivity contribution in [2.24, 2.45) is 0 Å². The molecule has 0 aromatic carbocycles. The number of imidazole rings is 1. The number of hydrogen-bond donors (Lipinski definition) is 2. The van der Waals surface area contributed by atoms with Gasteiger partial charge in [0.15, 0.2) is 0 Å². The zero-order valence-electron chi connectivity index (χ0n) is 9.95.